The van der Waals surface area contributed by atoms with Gasteiger partial charge < -0.3 is 19.2 Å². The smallest absolute Gasteiger partial charge is 0.287 e. The topological polar surface area (TPSA) is 60.7 Å². The van der Waals surface area contributed by atoms with Crippen LogP contribution in [0.25, 0.3) is 0 Å². The van der Waals surface area contributed by atoms with Crippen molar-refractivity contribution < 1.29 is 18.7 Å². The molecule has 110 valence electrons. The van der Waals surface area contributed by atoms with Gasteiger partial charge in [0.2, 0.25) is 0 Å². The molecule has 0 radical (unpaired) electrons. The highest BCUT2D eigenvalue weighted by Gasteiger charge is 2.13. The molecule has 3 rings (SSSR count). The summed E-state index contributed by atoms with van der Waals surface area (Å²) in [6, 6.07) is 8.89. The third kappa shape index (κ3) is 3.13. The van der Waals surface area contributed by atoms with Crippen LogP contribution in [0.1, 0.15) is 21.9 Å². The van der Waals surface area contributed by atoms with Crippen LogP contribution in [0, 0.1) is 0 Å². The van der Waals surface area contributed by atoms with Gasteiger partial charge in [0.1, 0.15) is 19.0 Å². The van der Waals surface area contributed by atoms with Crippen LogP contribution in [-0.2, 0) is 12.4 Å². The van der Waals surface area contributed by atoms with Gasteiger partial charge in [0, 0.05) is 6.54 Å². The minimum Gasteiger partial charge on any atom is -0.486 e. The number of alkyl halides is 1. The van der Waals surface area contributed by atoms with Crippen LogP contribution in [0.5, 0.6) is 11.5 Å². The Bertz CT molecular complexity index is 653. The number of carbonyl (C=O) groups is 1. The highest BCUT2D eigenvalue weighted by molar-refractivity contribution is 6.16. The Morgan fingerprint density at radius 3 is 2.71 bits per heavy atom. The maximum absolute atomic E-state index is 11.9. The SMILES string of the molecule is O=C(NCc1ccc2c(c1)OCCO2)c1ccc(CCl)o1. The van der Waals surface area contributed by atoms with E-state index >= 15 is 0 Å². The molecule has 21 heavy (non-hydrogen) atoms. The number of amides is 1. The second-order valence-electron chi connectivity index (χ2n) is 4.56. The predicted octanol–water partition coefficient (Wildman–Crippen LogP) is 2.72. The maximum atomic E-state index is 11.9. The van der Waals surface area contributed by atoms with E-state index in [1.165, 1.54) is 0 Å². The van der Waals surface area contributed by atoms with Crippen LogP contribution < -0.4 is 14.8 Å². The van der Waals surface area contributed by atoms with Gasteiger partial charge in [-0.05, 0) is 29.8 Å². The lowest BCUT2D eigenvalue weighted by Crippen LogP contribution is -2.22. The zero-order valence-electron chi connectivity index (χ0n) is 11.2. The number of furan rings is 1. The molecule has 1 amide bonds. The molecule has 0 saturated carbocycles. The molecule has 2 heterocycles. The molecule has 1 aromatic heterocycles. The summed E-state index contributed by atoms with van der Waals surface area (Å²) in [5.41, 5.74) is 0.928. The number of carbonyl (C=O) groups excluding carboxylic acids is 1. The van der Waals surface area contributed by atoms with Gasteiger partial charge in [0.15, 0.2) is 17.3 Å². The number of halogens is 1. The summed E-state index contributed by atoms with van der Waals surface area (Å²) in [5, 5.41) is 2.79. The van der Waals surface area contributed by atoms with Crippen molar-refractivity contribution in [2.24, 2.45) is 0 Å². The third-order valence-corrected chi connectivity index (χ3v) is 3.34. The Balaban J connectivity index is 1.63. The second-order valence-corrected chi connectivity index (χ2v) is 4.83. The number of ether oxygens (including phenoxy) is 2. The summed E-state index contributed by atoms with van der Waals surface area (Å²) < 4.78 is 16.2. The highest BCUT2D eigenvalue weighted by Crippen LogP contribution is 2.30. The first-order valence-electron chi connectivity index (χ1n) is 6.57. The average Bonchev–Trinajstić information content (AvgIpc) is 3.01. The number of nitrogens with one attached hydrogen (secondary N) is 1. The van der Waals surface area contributed by atoms with E-state index in [4.69, 9.17) is 25.5 Å². The normalized spacial score (nSPS) is 13.0. The van der Waals surface area contributed by atoms with E-state index in [1.54, 1.807) is 12.1 Å². The standard InChI is InChI=1S/C15H14ClNO4/c16-8-11-2-4-13(21-11)15(18)17-9-10-1-3-12-14(7-10)20-6-5-19-12/h1-4,7H,5-6,8-9H2,(H,17,18). The molecule has 1 aliphatic rings. The minimum absolute atomic E-state index is 0.245. The third-order valence-electron chi connectivity index (χ3n) is 3.08. The van der Waals surface area contributed by atoms with Crippen LogP contribution in [0.3, 0.4) is 0 Å². The lowest BCUT2D eigenvalue weighted by Gasteiger charge is -2.18. The van der Waals surface area contributed by atoms with Gasteiger partial charge in [0.25, 0.3) is 5.91 Å². The van der Waals surface area contributed by atoms with Crippen LogP contribution in [0.15, 0.2) is 34.7 Å². The number of hydrogen-bond acceptors (Lipinski definition) is 4. The molecule has 0 atom stereocenters. The van der Waals surface area contributed by atoms with Crippen molar-refractivity contribution in [1.29, 1.82) is 0 Å². The zero-order valence-corrected chi connectivity index (χ0v) is 12.0. The molecule has 6 heteroatoms. The Morgan fingerprint density at radius 2 is 1.95 bits per heavy atom. The van der Waals surface area contributed by atoms with Crippen molar-refractivity contribution in [3.05, 3.63) is 47.4 Å². The lowest BCUT2D eigenvalue weighted by molar-refractivity contribution is 0.0921. The van der Waals surface area contributed by atoms with Crippen molar-refractivity contribution in [2.45, 2.75) is 12.4 Å². The molecule has 0 saturated heterocycles. The average molecular weight is 308 g/mol. The van der Waals surface area contributed by atoms with E-state index in [9.17, 15) is 4.79 Å². The Kier molecular flexibility index (Phi) is 4.01. The zero-order chi connectivity index (χ0) is 14.7. The van der Waals surface area contributed by atoms with Gasteiger partial charge in [-0.3, -0.25) is 4.79 Å². The minimum atomic E-state index is -0.277. The molecule has 0 aliphatic carbocycles. The number of fused-ring (bicyclic) bond motifs is 1. The fourth-order valence-corrected chi connectivity index (χ4v) is 2.18. The summed E-state index contributed by atoms with van der Waals surface area (Å²) >= 11 is 5.63. The van der Waals surface area contributed by atoms with E-state index in [2.05, 4.69) is 5.32 Å². The maximum Gasteiger partial charge on any atom is 0.287 e. The predicted molar refractivity (Wildman–Crippen MR) is 76.9 cm³/mol. The summed E-state index contributed by atoms with van der Waals surface area (Å²) in [5.74, 6) is 2.23. The van der Waals surface area contributed by atoms with Gasteiger partial charge in [-0.15, -0.1) is 11.6 Å². The fourth-order valence-electron chi connectivity index (χ4n) is 2.04. The summed E-state index contributed by atoms with van der Waals surface area (Å²) in [7, 11) is 0. The summed E-state index contributed by atoms with van der Waals surface area (Å²) in [6.07, 6.45) is 0. The largest absolute Gasteiger partial charge is 0.486 e. The quantitative estimate of drug-likeness (QED) is 0.882. The lowest BCUT2D eigenvalue weighted by atomic mass is 10.2. The van der Waals surface area contributed by atoms with E-state index in [0.717, 1.165) is 11.3 Å². The molecule has 1 N–H and O–H groups in total. The van der Waals surface area contributed by atoms with Gasteiger partial charge in [-0.1, -0.05) is 6.07 Å². The molecule has 0 spiro atoms. The first-order chi connectivity index (χ1) is 10.3. The van der Waals surface area contributed by atoms with E-state index in [-0.39, 0.29) is 17.5 Å². The second kappa shape index (κ2) is 6.10. The van der Waals surface area contributed by atoms with Crippen LogP contribution in [-0.4, -0.2) is 19.1 Å². The van der Waals surface area contributed by atoms with E-state index in [0.29, 0.717) is 31.3 Å². The molecule has 0 unspecified atom stereocenters. The van der Waals surface area contributed by atoms with Gasteiger partial charge in [-0.2, -0.15) is 0 Å². The van der Waals surface area contributed by atoms with Crippen molar-refractivity contribution in [3.8, 4) is 11.5 Å². The first kappa shape index (κ1) is 13.8. The molecule has 0 fully saturated rings. The van der Waals surface area contributed by atoms with E-state index in [1.807, 2.05) is 18.2 Å². The summed E-state index contributed by atoms with van der Waals surface area (Å²) in [6.45, 7) is 1.48. The van der Waals surface area contributed by atoms with Crippen molar-refractivity contribution in [3.63, 3.8) is 0 Å². The van der Waals surface area contributed by atoms with E-state index < -0.39 is 0 Å². The molecule has 1 aliphatic heterocycles. The van der Waals surface area contributed by atoms with Crippen LogP contribution >= 0.6 is 11.6 Å². The molecule has 5 nitrogen and oxygen atoms in total. The van der Waals surface area contributed by atoms with Gasteiger partial charge in [-0.25, -0.2) is 0 Å². The number of benzene rings is 1. The Hall–Kier alpha value is -2.14. The highest BCUT2D eigenvalue weighted by atomic mass is 35.5. The van der Waals surface area contributed by atoms with Crippen molar-refractivity contribution in [2.75, 3.05) is 13.2 Å². The molecule has 1 aromatic carbocycles. The van der Waals surface area contributed by atoms with Gasteiger partial charge in [0.05, 0.1) is 5.88 Å². The van der Waals surface area contributed by atoms with Crippen molar-refractivity contribution in [1.82, 2.24) is 5.32 Å². The number of rotatable bonds is 4. The molecular weight excluding hydrogens is 294 g/mol. The van der Waals surface area contributed by atoms with Crippen LogP contribution in [0.4, 0.5) is 0 Å². The molecule has 0 bridgehead atoms. The van der Waals surface area contributed by atoms with Crippen LogP contribution in [0.2, 0.25) is 0 Å². The fraction of sp³-hybridized carbons (Fsp3) is 0.267. The first-order valence-corrected chi connectivity index (χ1v) is 7.11. The Labute approximate surface area is 126 Å². The van der Waals surface area contributed by atoms with Crippen molar-refractivity contribution >= 4 is 17.5 Å². The number of hydrogen-bond donors (Lipinski definition) is 1. The monoisotopic (exact) mass is 307 g/mol. The Morgan fingerprint density at radius 1 is 1.14 bits per heavy atom. The molecular formula is C15H14ClNO4. The summed E-state index contributed by atoms with van der Waals surface area (Å²) in [4.78, 5) is 11.9. The molecule has 2 aromatic rings. The van der Waals surface area contributed by atoms with Gasteiger partial charge >= 0.3 is 0 Å².